The van der Waals surface area contributed by atoms with Crippen LogP contribution in [0.3, 0.4) is 0 Å². The van der Waals surface area contributed by atoms with Gasteiger partial charge >= 0.3 is 0 Å². The summed E-state index contributed by atoms with van der Waals surface area (Å²) >= 11 is 5.94. The lowest BCUT2D eigenvalue weighted by Crippen LogP contribution is -2.33. The molecule has 0 bridgehead atoms. The Labute approximate surface area is 138 Å². The molecule has 0 saturated heterocycles. The first-order valence-corrected chi connectivity index (χ1v) is 7.78. The van der Waals surface area contributed by atoms with Gasteiger partial charge in [-0.2, -0.15) is 5.10 Å². The molecule has 0 saturated carbocycles. The van der Waals surface area contributed by atoms with Crippen LogP contribution in [0.2, 0.25) is 5.02 Å². The number of rotatable bonds is 2. The van der Waals surface area contributed by atoms with E-state index in [0.29, 0.717) is 11.4 Å². The van der Waals surface area contributed by atoms with Gasteiger partial charge in [0.05, 0.1) is 11.6 Å². The van der Waals surface area contributed by atoms with Crippen molar-refractivity contribution in [3.63, 3.8) is 0 Å². The Balaban J connectivity index is 1.71. The molecule has 114 valence electrons. The van der Waals surface area contributed by atoms with Crippen LogP contribution >= 0.6 is 11.6 Å². The summed E-state index contributed by atoms with van der Waals surface area (Å²) in [6, 6.07) is 15.5. The molecule has 2 heterocycles. The average Bonchev–Trinajstić information content (AvgIpc) is 3.00. The molecule has 1 amide bonds. The van der Waals surface area contributed by atoms with Gasteiger partial charge in [0.15, 0.2) is 0 Å². The summed E-state index contributed by atoms with van der Waals surface area (Å²) in [4.78, 5) is 15.5. The van der Waals surface area contributed by atoms with Crippen molar-refractivity contribution in [2.24, 2.45) is 5.10 Å². The lowest BCUT2D eigenvalue weighted by atomic mass is 9.89. The van der Waals surface area contributed by atoms with Gasteiger partial charge in [-0.15, -0.1) is 0 Å². The first-order chi connectivity index (χ1) is 11.2. The Morgan fingerprint density at radius 3 is 2.70 bits per heavy atom. The van der Waals surface area contributed by atoms with Crippen LogP contribution < -0.4 is 5.43 Å². The lowest BCUT2D eigenvalue weighted by Gasteiger charge is -2.21. The number of aromatic amines is 1. The van der Waals surface area contributed by atoms with Crippen LogP contribution in [0.1, 0.15) is 23.5 Å². The predicted octanol–water partition coefficient (Wildman–Crippen LogP) is 3.83. The largest absolute Gasteiger partial charge is 0.361 e. The van der Waals surface area contributed by atoms with Crippen LogP contribution in [-0.4, -0.2) is 16.6 Å². The molecular formula is C18H14ClN3O. The van der Waals surface area contributed by atoms with E-state index in [-0.39, 0.29) is 11.8 Å². The summed E-state index contributed by atoms with van der Waals surface area (Å²) in [6.07, 6.45) is 2.48. The molecule has 23 heavy (non-hydrogen) atoms. The normalized spacial score (nSPS) is 17.9. The van der Waals surface area contributed by atoms with Crippen LogP contribution in [0.5, 0.6) is 0 Å². The van der Waals surface area contributed by atoms with Crippen LogP contribution in [0.4, 0.5) is 0 Å². The number of hydrazone groups is 1. The van der Waals surface area contributed by atoms with Crippen LogP contribution in [0.25, 0.3) is 10.9 Å². The number of para-hydroxylation sites is 1. The van der Waals surface area contributed by atoms with Gasteiger partial charge < -0.3 is 4.98 Å². The second-order valence-corrected chi connectivity index (χ2v) is 6.02. The van der Waals surface area contributed by atoms with E-state index >= 15 is 0 Å². The zero-order valence-corrected chi connectivity index (χ0v) is 13.0. The number of H-pyrrole nitrogens is 1. The van der Waals surface area contributed by atoms with Crippen molar-refractivity contribution in [1.29, 1.82) is 0 Å². The van der Waals surface area contributed by atoms with Crippen molar-refractivity contribution in [3.8, 4) is 0 Å². The molecule has 0 spiro atoms. The van der Waals surface area contributed by atoms with Gasteiger partial charge in [0.1, 0.15) is 0 Å². The number of amides is 1. The second kappa shape index (κ2) is 5.56. The monoisotopic (exact) mass is 323 g/mol. The van der Waals surface area contributed by atoms with E-state index in [2.05, 4.69) is 15.5 Å². The highest BCUT2D eigenvalue weighted by atomic mass is 35.5. The first kappa shape index (κ1) is 14.0. The third-order valence-corrected chi connectivity index (χ3v) is 4.44. The molecule has 2 N–H and O–H groups in total. The molecule has 5 heteroatoms. The third-order valence-electron chi connectivity index (χ3n) is 4.19. The Morgan fingerprint density at radius 1 is 1.09 bits per heavy atom. The van der Waals surface area contributed by atoms with E-state index in [0.717, 1.165) is 27.7 Å². The van der Waals surface area contributed by atoms with Gasteiger partial charge in [0, 0.05) is 28.5 Å². The van der Waals surface area contributed by atoms with E-state index in [1.165, 1.54) is 0 Å². The predicted molar refractivity (Wildman–Crippen MR) is 91.8 cm³/mol. The molecule has 1 aliphatic heterocycles. The van der Waals surface area contributed by atoms with Crippen molar-refractivity contribution in [2.45, 2.75) is 12.3 Å². The number of aromatic nitrogens is 1. The van der Waals surface area contributed by atoms with Crippen LogP contribution in [0.15, 0.2) is 59.8 Å². The number of hydrogen-bond donors (Lipinski definition) is 2. The summed E-state index contributed by atoms with van der Waals surface area (Å²) in [5, 5.41) is 5.97. The van der Waals surface area contributed by atoms with E-state index in [9.17, 15) is 4.79 Å². The fraction of sp³-hybridized carbons (Fsp3) is 0.111. The van der Waals surface area contributed by atoms with Crippen molar-refractivity contribution < 1.29 is 4.79 Å². The zero-order chi connectivity index (χ0) is 15.8. The molecule has 4 nitrogen and oxygen atoms in total. The highest BCUT2D eigenvalue weighted by Gasteiger charge is 2.29. The summed E-state index contributed by atoms with van der Waals surface area (Å²) in [5.41, 5.74) is 6.51. The quantitative estimate of drug-likeness (QED) is 0.740. The molecule has 2 aromatic carbocycles. The minimum Gasteiger partial charge on any atom is -0.361 e. The molecular weight excluding hydrogens is 310 g/mol. The van der Waals surface area contributed by atoms with Crippen molar-refractivity contribution >= 4 is 34.1 Å². The standard InChI is InChI=1S/C18H14ClN3O/c19-12-7-5-11(6-8-12)17-9-14(18(23)22-21-17)15-10-20-16-4-2-1-3-13(15)16/h1-8,10,14,20H,9H2,(H,22,23)/t14-/m0/s1. The molecule has 4 rings (SSSR count). The second-order valence-electron chi connectivity index (χ2n) is 5.59. The van der Waals surface area contributed by atoms with Crippen molar-refractivity contribution in [2.75, 3.05) is 0 Å². The van der Waals surface area contributed by atoms with E-state index < -0.39 is 0 Å². The van der Waals surface area contributed by atoms with E-state index in [1.807, 2.05) is 54.7 Å². The first-order valence-electron chi connectivity index (χ1n) is 7.41. The van der Waals surface area contributed by atoms with E-state index in [1.54, 1.807) is 0 Å². The SMILES string of the molecule is O=C1NN=C(c2ccc(Cl)cc2)C[C@H]1c1c[nH]c2ccccc12. The number of hydrogen-bond acceptors (Lipinski definition) is 2. The molecule has 0 fully saturated rings. The van der Waals surface area contributed by atoms with Gasteiger partial charge in [-0.3, -0.25) is 4.79 Å². The number of halogens is 1. The van der Waals surface area contributed by atoms with Gasteiger partial charge in [-0.25, -0.2) is 5.43 Å². The minimum atomic E-state index is -0.255. The van der Waals surface area contributed by atoms with Gasteiger partial charge in [-0.1, -0.05) is 41.9 Å². The fourth-order valence-corrected chi connectivity index (χ4v) is 3.12. The molecule has 1 atom stereocenters. The molecule has 3 aromatic rings. The minimum absolute atomic E-state index is 0.0764. The van der Waals surface area contributed by atoms with Gasteiger partial charge in [0.25, 0.3) is 0 Å². The van der Waals surface area contributed by atoms with Crippen LogP contribution in [-0.2, 0) is 4.79 Å². The number of carbonyl (C=O) groups is 1. The Bertz CT molecular complexity index is 911. The number of nitrogens with one attached hydrogen (secondary N) is 2. The van der Waals surface area contributed by atoms with Crippen molar-refractivity contribution in [1.82, 2.24) is 10.4 Å². The topological polar surface area (TPSA) is 57.2 Å². The highest BCUT2D eigenvalue weighted by molar-refractivity contribution is 6.30. The lowest BCUT2D eigenvalue weighted by molar-refractivity contribution is -0.122. The summed E-state index contributed by atoms with van der Waals surface area (Å²) < 4.78 is 0. The molecule has 0 radical (unpaired) electrons. The zero-order valence-electron chi connectivity index (χ0n) is 12.2. The fourth-order valence-electron chi connectivity index (χ4n) is 2.99. The number of fused-ring (bicyclic) bond motifs is 1. The third kappa shape index (κ3) is 2.51. The van der Waals surface area contributed by atoms with Crippen molar-refractivity contribution in [3.05, 3.63) is 70.9 Å². The Hall–Kier alpha value is -2.59. The molecule has 0 aliphatic carbocycles. The Morgan fingerprint density at radius 2 is 1.87 bits per heavy atom. The molecule has 1 aliphatic rings. The maximum Gasteiger partial charge on any atom is 0.248 e. The smallest absolute Gasteiger partial charge is 0.248 e. The van der Waals surface area contributed by atoms with Gasteiger partial charge in [-0.05, 0) is 29.3 Å². The molecule has 1 aromatic heterocycles. The Kier molecular flexibility index (Phi) is 3.39. The number of carbonyl (C=O) groups excluding carboxylic acids is 1. The van der Waals surface area contributed by atoms with Gasteiger partial charge in [0.2, 0.25) is 5.91 Å². The molecule has 0 unspecified atom stereocenters. The summed E-state index contributed by atoms with van der Waals surface area (Å²) in [5.74, 6) is -0.332. The average molecular weight is 324 g/mol. The summed E-state index contributed by atoms with van der Waals surface area (Å²) in [7, 11) is 0. The number of nitrogens with zero attached hydrogens (tertiary/aromatic N) is 1. The maximum atomic E-state index is 12.3. The van der Waals surface area contributed by atoms with E-state index in [4.69, 9.17) is 11.6 Å². The maximum absolute atomic E-state index is 12.3. The summed E-state index contributed by atoms with van der Waals surface area (Å²) in [6.45, 7) is 0. The number of benzene rings is 2. The van der Waals surface area contributed by atoms with Crippen LogP contribution in [0, 0.1) is 0 Å². The highest BCUT2D eigenvalue weighted by Crippen LogP contribution is 2.31.